The normalized spacial score (nSPS) is 10.6. The van der Waals surface area contributed by atoms with E-state index in [0.717, 1.165) is 18.7 Å². The summed E-state index contributed by atoms with van der Waals surface area (Å²) in [6.45, 7) is 5.46. The summed E-state index contributed by atoms with van der Waals surface area (Å²) in [6.07, 6.45) is 0. The predicted octanol–water partition coefficient (Wildman–Crippen LogP) is 5.01. The maximum absolute atomic E-state index is 14.0. The highest BCUT2D eigenvalue weighted by molar-refractivity contribution is 5.68. The molecule has 0 saturated carbocycles. The summed E-state index contributed by atoms with van der Waals surface area (Å²) in [5, 5.41) is 2.77. The van der Waals surface area contributed by atoms with E-state index < -0.39 is 11.6 Å². The zero-order chi connectivity index (χ0) is 18.5. The lowest BCUT2D eigenvalue weighted by Gasteiger charge is -2.20. The largest absolute Gasteiger partial charge is 0.341 e. The van der Waals surface area contributed by atoms with Crippen LogP contribution in [0.3, 0.4) is 0 Å². The van der Waals surface area contributed by atoms with Crippen molar-refractivity contribution in [3.8, 4) is 11.3 Å². The number of halogens is 2. The van der Waals surface area contributed by atoms with Crippen molar-refractivity contribution in [2.24, 2.45) is 0 Å². The molecule has 1 N–H and O–H groups in total. The lowest BCUT2D eigenvalue weighted by molar-refractivity contribution is 0.590. The van der Waals surface area contributed by atoms with Gasteiger partial charge in [0.05, 0.1) is 5.69 Å². The highest BCUT2D eigenvalue weighted by atomic mass is 19.1. The van der Waals surface area contributed by atoms with Gasteiger partial charge in [-0.1, -0.05) is 36.4 Å². The number of rotatable bonds is 6. The molecule has 0 aliphatic heterocycles. The molecule has 0 radical (unpaired) electrons. The van der Waals surface area contributed by atoms with Gasteiger partial charge in [0.1, 0.15) is 23.1 Å². The molecule has 26 heavy (non-hydrogen) atoms. The second kappa shape index (κ2) is 7.91. The van der Waals surface area contributed by atoms with Crippen LogP contribution in [0.5, 0.6) is 0 Å². The molecule has 0 bridgehead atoms. The van der Waals surface area contributed by atoms with Gasteiger partial charge in [-0.2, -0.15) is 4.98 Å². The summed E-state index contributed by atoms with van der Waals surface area (Å²) in [5.41, 5.74) is 1.36. The average Bonchev–Trinajstić information content (AvgIpc) is 2.66. The Bertz CT molecular complexity index is 860. The minimum Gasteiger partial charge on any atom is -0.341 e. The average molecular weight is 354 g/mol. The van der Waals surface area contributed by atoms with Crippen molar-refractivity contribution < 1.29 is 8.78 Å². The van der Waals surface area contributed by atoms with Crippen molar-refractivity contribution in [2.75, 3.05) is 23.3 Å². The minimum atomic E-state index is -0.672. The molecule has 1 aromatic heterocycles. The highest BCUT2D eigenvalue weighted by Gasteiger charge is 2.14. The summed E-state index contributed by atoms with van der Waals surface area (Å²) in [7, 11) is 0. The summed E-state index contributed by atoms with van der Waals surface area (Å²) >= 11 is 0. The molecule has 3 aromatic rings. The Balaban J connectivity index is 2.08. The maximum Gasteiger partial charge on any atom is 0.227 e. The predicted molar refractivity (Wildman–Crippen MR) is 101 cm³/mol. The Kier molecular flexibility index (Phi) is 5.41. The molecule has 3 rings (SSSR count). The molecule has 0 saturated heterocycles. The molecular formula is C20H20F2N4. The number of nitrogens with one attached hydrogen (secondary N) is 1. The fraction of sp³-hybridized carbons (Fsp3) is 0.200. The van der Waals surface area contributed by atoms with Gasteiger partial charge in [0.15, 0.2) is 0 Å². The monoisotopic (exact) mass is 354 g/mol. The second-order valence-electron chi connectivity index (χ2n) is 5.70. The van der Waals surface area contributed by atoms with Crippen molar-refractivity contribution >= 4 is 17.5 Å². The standard InChI is InChI=1S/C20H20F2N4/c1-3-26(4-2)20-23-17(14-9-6-5-7-10-14)13-18(25-20)24-19-15(21)11-8-12-16(19)22/h5-13H,3-4H2,1-2H3,(H,23,24,25). The van der Waals surface area contributed by atoms with E-state index in [2.05, 4.69) is 15.3 Å². The molecular weight excluding hydrogens is 334 g/mol. The third-order valence-corrected chi connectivity index (χ3v) is 4.05. The van der Waals surface area contributed by atoms with Gasteiger partial charge in [0.2, 0.25) is 5.95 Å². The van der Waals surface area contributed by atoms with E-state index in [9.17, 15) is 8.78 Å². The van der Waals surface area contributed by atoms with Crippen LogP contribution >= 0.6 is 0 Å². The van der Waals surface area contributed by atoms with Crippen LogP contribution in [-0.2, 0) is 0 Å². The van der Waals surface area contributed by atoms with Gasteiger partial charge >= 0.3 is 0 Å². The first-order valence-corrected chi connectivity index (χ1v) is 8.52. The molecule has 134 valence electrons. The third-order valence-electron chi connectivity index (χ3n) is 4.05. The van der Waals surface area contributed by atoms with Gasteiger partial charge in [-0.15, -0.1) is 0 Å². The van der Waals surface area contributed by atoms with Crippen molar-refractivity contribution in [3.05, 3.63) is 66.2 Å². The van der Waals surface area contributed by atoms with Crippen LogP contribution in [0.2, 0.25) is 0 Å². The van der Waals surface area contributed by atoms with E-state index in [1.54, 1.807) is 6.07 Å². The SMILES string of the molecule is CCN(CC)c1nc(Nc2c(F)cccc2F)cc(-c2ccccc2)n1. The number of nitrogens with zero attached hydrogens (tertiary/aromatic N) is 3. The Labute approximate surface area is 151 Å². The van der Waals surface area contributed by atoms with Gasteiger partial charge in [-0.25, -0.2) is 13.8 Å². The van der Waals surface area contributed by atoms with Crippen molar-refractivity contribution in [1.29, 1.82) is 0 Å². The van der Waals surface area contributed by atoms with Crippen LogP contribution in [0, 0.1) is 11.6 Å². The Morgan fingerprint density at radius 3 is 2.15 bits per heavy atom. The summed E-state index contributed by atoms with van der Waals surface area (Å²) in [4.78, 5) is 11.0. The van der Waals surface area contributed by atoms with E-state index >= 15 is 0 Å². The summed E-state index contributed by atoms with van der Waals surface area (Å²) < 4.78 is 28.0. The lowest BCUT2D eigenvalue weighted by atomic mass is 10.1. The quantitative estimate of drug-likeness (QED) is 0.675. The van der Waals surface area contributed by atoms with Crippen LogP contribution in [0.4, 0.5) is 26.2 Å². The van der Waals surface area contributed by atoms with Gasteiger partial charge in [-0.05, 0) is 26.0 Å². The van der Waals surface area contributed by atoms with Crippen molar-refractivity contribution in [2.45, 2.75) is 13.8 Å². The fourth-order valence-electron chi connectivity index (χ4n) is 2.65. The number of para-hydroxylation sites is 1. The molecule has 0 aliphatic rings. The number of hydrogen-bond acceptors (Lipinski definition) is 4. The number of benzene rings is 2. The molecule has 2 aromatic carbocycles. The zero-order valence-electron chi connectivity index (χ0n) is 14.7. The number of aromatic nitrogens is 2. The first kappa shape index (κ1) is 17.8. The molecule has 1 heterocycles. The van der Waals surface area contributed by atoms with Gasteiger partial charge in [0.25, 0.3) is 0 Å². The van der Waals surface area contributed by atoms with E-state index in [1.807, 2.05) is 49.1 Å². The van der Waals surface area contributed by atoms with Gasteiger partial charge < -0.3 is 10.2 Å². The topological polar surface area (TPSA) is 41.1 Å². The minimum absolute atomic E-state index is 0.226. The molecule has 0 atom stereocenters. The van der Waals surface area contributed by atoms with Crippen LogP contribution < -0.4 is 10.2 Å². The summed E-state index contributed by atoms with van der Waals surface area (Å²) in [5.74, 6) is -0.496. The molecule has 0 unspecified atom stereocenters. The summed E-state index contributed by atoms with van der Waals surface area (Å²) in [6, 6.07) is 15.0. The number of anilines is 3. The third kappa shape index (κ3) is 3.79. The smallest absolute Gasteiger partial charge is 0.227 e. The van der Waals surface area contributed by atoms with E-state index in [-0.39, 0.29) is 5.69 Å². The highest BCUT2D eigenvalue weighted by Crippen LogP contribution is 2.27. The van der Waals surface area contributed by atoms with Crippen LogP contribution in [0.25, 0.3) is 11.3 Å². The van der Waals surface area contributed by atoms with E-state index in [1.165, 1.54) is 18.2 Å². The van der Waals surface area contributed by atoms with Crippen LogP contribution in [0.1, 0.15) is 13.8 Å². The van der Waals surface area contributed by atoms with Crippen molar-refractivity contribution in [1.82, 2.24) is 9.97 Å². The zero-order valence-corrected chi connectivity index (χ0v) is 14.7. The molecule has 0 amide bonds. The molecule has 4 nitrogen and oxygen atoms in total. The van der Waals surface area contributed by atoms with Crippen molar-refractivity contribution in [3.63, 3.8) is 0 Å². The molecule has 0 aliphatic carbocycles. The Hall–Kier alpha value is -3.02. The number of hydrogen-bond donors (Lipinski definition) is 1. The van der Waals surface area contributed by atoms with Gasteiger partial charge in [-0.3, -0.25) is 0 Å². The fourth-order valence-corrected chi connectivity index (χ4v) is 2.65. The molecule has 0 spiro atoms. The van der Waals surface area contributed by atoms with E-state index in [4.69, 9.17) is 0 Å². The molecule has 0 fully saturated rings. The van der Waals surface area contributed by atoms with Crippen LogP contribution in [-0.4, -0.2) is 23.1 Å². The Morgan fingerprint density at radius 2 is 1.54 bits per heavy atom. The molecule has 6 heteroatoms. The van der Waals surface area contributed by atoms with E-state index in [0.29, 0.717) is 17.5 Å². The Morgan fingerprint density at radius 1 is 0.885 bits per heavy atom. The van der Waals surface area contributed by atoms with Crippen LogP contribution in [0.15, 0.2) is 54.6 Å². The first-order valence-electron chi connectivity index (χ1n) is 8.52. The lowest BCUT2D eigenvalue weighted by Crippen LogP contribution is -2.24. The first-order chi connectivity index (χ1) is 12.6. The second-order valence-corrected chi connectivity index (χ2v) is 5.70. The van der Waals surface area contributed by atoms with Gasteiger partial charge in [0, 0.05) is 24.7 Å². The maximum atomic E-state index is 14.0.